The van der Waals surface area contributed by atoms with Crippen LogP contribution in [0.3, 0.4) is 0 Å². The minimum atomic E-state index is -0.858. The van der Waals surface area contributed by atoms with Crippen LogP contribution in [0.1, 0.15) is 174 Å². The van der Waals surface area contributed by atoms with E-state index in [0.29, 0.717) is 73.9 Å². The second-order valence-electron chi connectivity index (χ2n) is 35.6. The van der Waals surface area contributed by atoms with Gasteiger partial charge in [0.15, 0.2) is 0 Å². The Balaban J connectivity index is 0.962. The zero-order chi connectivity index (χ0) is 99.7. The van der Waals surface area contributed by atoms with Crippen molar-refractivity contribution in [1.82, 2.24) is 69.2 Å². The van der Waals surface area contributed by atoms with Gasteiger partial charge in [-0.25, -0.2) is 0 Å². The first kappa shape index (κ1) is 107. The molecule has 12 amide bonds. The van der Waals surface area contributed by atoms with Crippen molar-refractivity contribution in [2.24, 2.45) is 28.7 Å². The predicted molar refractivity (Wildman–Crippen MR) is 542 cm³/mol. The van der Waals surface area contributed by atoms with Crippen LogP contribution in [-0.2, 0) is 70.4 Å². The van der Waals surface area contributed by atoms with Crippen molar-refractivity contribution in [2.75, 3.05) is 144 Å². The van der Waals surface area contributed by atoms with Crippen LogP contribution in [0.2, 0.25) is 0 Å². The van der Waals surface area contributed by atoms with Crippen LogP contribution in [0.5, 0.6) is 0 Å². The number of aromatic amines is 2. The number of carbonyl (C=O) groups excluding carboxylic acids is 12. The number of amides is 12. The zero-order valence-corrected chi connectivity index (χ0v) is 81.4. The third-order valence-corrected chi connectivity index (χ3v) is 26.0. The standard InChI is InChI=1S/C108H141N19O12/c1-79(85-37-13-7-14-38-85)122(68-97(113)128)106(137)77-126(83(5)89-45-21-11-22-46-89)105(136)73-119(62-36-32-58-112)103(134)75-125(82(4)88-43-19-10-20-44-88)108(139)78-127(84(6)90-47-23-12-24-48-90)104(135)72-118(61-35-31-57-111)99(130)70-120(63-53-91-65-115-95-51-27-25-49-93(91)95)101(132)71-121(64-54-92-66-116-96-52-28-26-50-94(92)96)100(131)69-117(60-34-30-56-110)102(133)74-124(81(3)87-41-17-9-18-42-87)107(138)76-123(80(2)86-39-15-8-16-40-86)98(129)67-114-59-33-29-55-109/h7-28,37-52,65-66,79-84,114-116H,29-36,53-64,67-78,109-112H2,1-6H3,(H2,113,128)/t79-,80-,81-,82-,83-,84-/m0/s1. The molecule has 31 nitrogen and oxygen atoms in total. The van der Waals surface area contributed by atoms with Gasteiger partial charge >= 0.3 is 0 Å². The Morgan fingerprint density at radius 2 is 0.482 bits per heavy atom. The van der Waals surface area contributed by atoms with Crippen molar-refractivity contribution in [2.45, 2.75) is 142 Å². The van der Waals surface area contributed by atoms with Gasteiger partial charge in [0.05, 0.1) is 82.1 Å². The fourth-order valence-electron chi connectivity index (χ4n) is 17.5. The molecular weight excluding hydrogens is 1760 g/mol. The molecule has 8 aromatic carbocycles. The van der Waals surface area contributed by atoms with Gasteiger partial charge in [-0.3, -0.25) is 57.5 Å². The Labute approximate surface area is 817 Å². The van der Waals surface area contributed by atoms with E-state index in [1.807, 2.05) is 232 Å². The molecular formula is C108H141N19O12. The first-order valence-electron chi connectivity index (χ1n) is 48.6. The van der Waals surface area contributed by atoms with E-state index >= 15 is 43.2 Å². The van der Waals surface area contributed by atoms with Gasteiger partial charge < -0.3 is 97.9 Å². The van der Waals surface area contributed by atoms with Crippen molar-refractivity contribution in [3.63, 3.8) is 0 Å². The minimum Gasteiger partial charge on any atom is -0.368 e. The van der Waals surface area contributed by atoms with Crippen LogP contribution < -0.4 is 34.0 Å². The van der Waals surface area contributed by atoms with Gasteiger partial charge in [-0.1, -0.05) is 218 Å². The molecule has 0 unspecified atom stereocenters. The first-order valence-corrected chi connectivity index (χ1v) is 48.6. The lowest BCUT2D eigenvalue weighted by Crippen LogP contribution is -2.53. The molecule has 10 aromatic rings. The topological polar surface area (TPSA) is 414 Å². The summed E-state index contributed by atoms with van der Waals surface area (Å²) in [6, 6.07) is 65.8. The fraction of sp³-hybridized carbons (Fsp3) is 0.407. The number of nitrogens with one attached hydrogen (secondary N) is 3. The van der Waals surface area contributed by atoms with Gasteiger partial charge in [0.1, 0.15) is 32.7 Å². The quantitative estimate of drug-likeness (QED) is 0.0164. The smallest absolute Gasteiger partial charge is 0.243 e. The van der Waals surface area contributed by atoms with Gasteiger partial charge in [-0.05, 0) is 195 Å². The SMILES string of the molecule is C[C@@H](c1ccccc1)N(CC(N)=O)C(=O)CN(C(=O)CN(CCCCN)C(=O)CN(C(=O)CN(C(=O)CN(CCCCN)C(=O)CN(CCc1c[nH]c2ccccc12)C(=O)CN(CCc1c[nH]c2ccccc12)C(=O)CN(CCCCN)C(=O)CN(C(=O)CN(C(=O)CNCCCCN)[C@@H](C)c1ccccc1)[C@@H](C)c1ccccc1)[C@@H](C)c1ccccc1)[C@@H](C)c1ccccc1)[C@@H](C)c1ccccc1. The number of nitrogens with zero attached hydrogens (tertiary/aromatic N) is 11. The highest BCUT2D eigenvalue weighted by Gasteiger charge is 2.39. The molecule has 0 fully saturated rings. The van der Waals surface area contributed by atoms with Crippen molar-refractivity contribution in [3.05, 3.63) is 287 Å². The van der Waals surface area contributed by atoms with Crippen LogP contribution in [0.25, 0.3) is 21.8 Å². The highest BCUT2D eigenvalue weighted by atomic mass is 16.2. The summed E-state index contributed by atoms with van der Waals surface area (Å²) in [7, 11) is 0. The van der Waals surface area contributed by atoms with Gasteiger partial charge in [0, 0.05) is 66.9 Å². The van der Waals surface area contributed by atoms with Gasteiger partial charge in [-0.15, -0.1) is 0 Å². The number of carbonyl (C=O) groups is 12. The average Bonchev–Trinajstić information content (AvgIpc) is 1.43. The van der Waals surface area contributed by atoms with E-state index in [-0.39, 0.29) is 77.7 Å². The highest BCUT2D eigenvalue weighted by molar-refractivity contribution is 5.96. The van der Waals surface area contributed by atoms with Crippen LogP contribution in [0, 0.1) is 0 Å². The summed E-state index contributed by atoms with van der Waals surface area (Å²) in [5.74, 6) is -7.27. The van der Waals surface area contributed by atoms with E-state index in [1.165, 1.54) is 53.9 Å². The summed E-state index contributed by atoms with van der Waals surface area (Å²) in [6.07, 6.45) is 8.01. The lowest BCUT2D eigenvalue weighted by Gasteiger charge is -2.37. The van der Waals surface area contributed by atoms with Crippen molar-refractivity contribution in [1.29, 1.82) is 0 Å². The van der Waals surface area contributed by atoms with Crippen LogP contribution in [0.15, 0.2) is 243 Å². The Hall–Kier alpha value is -13.7. The highest BCUT2D eigenvalue weighted by Crippen LogP contribution is 2.31. The zero-order valence-electron chi connectivity index (χ0n) is 81.4. The van der Waals surface area contributed by atoms with Gasteiger partial charge in [0.25, 0.3) is 0 Å². The number of aromatic nitrogens is 2. The number of unbranched alkanes of at least 4 members (excludes halogenated alkanes) is 4. The molecule has 0 radical (unpaired) electrons. The summed E-state index contributed by atoms with van der Waals surface area (Å²) in [4.78, 5) is 206. The summed E-state index contributed by atoms with van der Waals surface area (Å²) in [5.41, 5.74) is 37.5. The number of rotatable bonds is 58. The molecule has 740 valence electrons. The van der Waals surface area contributed by atoms with E-state index in [1.54, 1.807) is 52.0 Å². The summed E-state index contributed by atoms with van der Waals surface area (Å²) >= 11 is 0. The summed E-state index contributed by atoms with van der Waals surface area (Å²) < 4.78 is 0. The molecule has 10 rings (SSSR count). The molecule has 0 bridgehead atoms. The van der Waals surface area contributed by atoms with Crippen molar-refractivity contribution in [3.8, 4) is 0 Å². The van der Waals surface area contributed by atoms with E-state index in [4.69, 9.17) is 28.7 Å². The van der Waals surface area contributed by atoms with Crippen LogP contribution >= 0.6 is 0 Å². The number of benzene rings is 8. The monoisotopic (exact) mass is 1900 g/mol. The predicted octanol–water partition coefficient (Wildman–Crippen LogP) is 10.1. The number of nitrogens with two attached hydrogens (primary N) is 5. The second kappa shape index (κ2) is 55.6. The molecule has 31 heteroatoms. The van der Waals surface area contributed by atoms with E-state index < -0.39 is 173 Å². The first-order chi connectivity index (χ1) is 67.2. The molecule has 0 spiro atoms. The van der Waals surface area contributed by atoms with E-state index in [0.717, 1.165) is 56.9 Å². The maximum absolute atomic E-state index is 16.1. The molecule has 0 saturated carbocycles. The maximum atomic E-state index is 16.1. The normalized spacial score (nSPS) is 12.5. The molecule has 2 heterocycles. The molecule has 0 aliphatic rings. The maximum Gasteiger partial charge on any atom is 0.243 e. The number of primary amides is 1. The Kier molecular flexibility index (Phi) is 42.9. The van der Waals surface area contributed by atoms with Crippen LogP contribution in [0.4, 0.5) is 0 Å². The van der Waals surface area contributed by atoms with E-state index in [2.05, 4.69) is 15.3 Å². The van der Waals surface area contributed by atoms with Gasteiger partial charge in [-0.2, -0.15) is 0 Å². The van der Waals surface area contributed by atoms with E-state index in [9.17, 15) is 14.4 Å². The average molecular weight is 1900 g/mol. The Bertz CT molecular complexity index is 5580. The molecule has 139 heavy (non-hydrogen) atoms. The third kappa shape index (κ3) is 31.7. The minimum absolute atomic E-state index is 0.0112. The van der Waals surface area contributed by atoms with Crippen LogP contribution in [-0.4, -0.2) is 279 Å². The number of H-pyrrole nitrogens is 2. The molecule has 2 aromatic heterocycles. The lowest BCUT2D eigenvalue weighted by atomic mass is 10.0. The molecule has 0 aliphatic carbocycles. The Morgan fingerprint density at radius 1 is 0.259 bits per heavy atom. The number of hydrogen-bond acceptors (Lipinski definition) is 17. The second-order valence-corrected chi connectivity index (χ2v) is 35.6. The summed E-state index contributed by atoms with van der Waals surface area (Å²) in [5, 5.41) is 4.98. The largest absolute Gasteiger partial charge is 0.368 e. The Morgan fingerprint density at radius 3 is 0.763 bits per heavy atom. The molecule has 0 aliphatic heterocycles. The fourth-order valence-corrected chi connectivity index (χ4v) is 17.5. The number of fused-ring (bicyclic) bond motifs is 2. The lowest BCUT2D eigenvalue weighted by molar-refractivity contribution is -0.151. The molecule has 13 N–H and O–H groups in total. The molecule has 0 saturated heterocycles. The molecule has 6 atom stereocenters. The number of para-hydroxylation sites is 2. The van der Waals surface area contributed by atoms with Crippen molar-refractivity contribution >= 4 is 92.7 Å². The van der Waals surface area contributed by atoms with Crippen molar-refractivity contribution < 1.29 is 57.5 Å². The van der Waals surface area contributed by atoms with Gasteiger partial charge in [0.2, 0.25) is 70.9 Å². The third-order valence-electron chi connectivity index (χ3n) is 26.0. The summed E-state index contributed by atoms with van der Waals surface area (Å²) in [6.45, 7) is 6.32. The number of hydrogen-bond donors (Lipinski definition) is 8.